The Morgan fingerprint density at radius 3 is 2.61 bits per heavy atom. The minimum atomic E-state index is -0.738. The zero-order valence-electron chi connectivity index (χ0n) is 18.6. The first-order valence-corrected chi connectivity index (χ1v) is 10.8. The molecule has 8 nitrogen and oxygen atoms in total. The van der Waals surface area contributed by atoms with Gasteiger partial charge in [-0.15, -0.1) is 0 Å². The highest BCUT2D eigenvalue weighted by atomic mass is 19.1. The number of benzene rings is 2. The van der Waals surface area contributed by atoms with Crippen LogP contribution in [0.15, 0.2) is 42.5 Å². The van der Waals surface area contributed by atoms with Crippen molar-refractivity contribution in [1.82, 2.24) is 9.80 Å². The van der Waals surface area contributed by atoms with E-state index in [-0.39, 0.29) is 36.6 Å². The van der Waals surface area contributed by atoms with E-state index in [1.165, 1.54) is 29.2 Å². The number of rotatable bonds is 6. The molecule has 0 saturated carbocycles. The van der Waals surface area contributed by atoms with Crippen LogP contribution in [-0.4, -0.2) is 79.9 Å². The Kier molecular flexibility index (Phi) is 6.60. The quantitative estimate of drug-likeness (QED) is 0.620. The molecule has 1 atom stereocenters. The summed E-state index contributed by atoms with van der Waals surface area (Å²) in [6.45, 7) is 3.96. The van der Waals surface area contributed by atoms with E-state index in [2.05, 4.69) is 4.90 Å². The van der Waals surface area contributed by atoms with Crippen LogP contribution in [0.4, 0.5) is 10.1 Å². The minimum absolute atomic E-state index is 0.143. The van der Waals surface area contributed by atoms with Crippen molar-refractivity contribution in [2.45, 2.75) is 13.0 Å². The van der Waals surface area contributed by atoms with Crippen LogP contribution in [0, 0.1) is 5.82 Å². The van der Waals surface area contributed by atoms with Gasteiger partial charge in [0.05, 0.1) is 5.69 Å². The van der Waals surface area contributed by atoms with Crippen molar-refractivity contribution < 1.29 is 28.2 Å². The third-order valence-corrected chi connectivity index (χ3v) is 5.89. The summed E-state index contributed by atoms with van der Waals surface area (Å²) in [4.78, 5) is 43.9. The van der Waals surface area contributed by atoms with E-state index in [4.69, 9.17) is 9.47 Å². The number of ketones is 1. The average molecular weight is 455 g/mol. The van der Waals surface area contributed by atoms with Crippen molar-refractivity contribution in [3.8, 4) is 11.5 Å². The molecule has 2 aromatic rings. The number of anilines is 1. The molecule has 4 rings (SSSR count). The van der Waals surface area contributed by atoms with Crippen molar-refractivity contribution in [3.63, 3.8) is 0 Å². The molecular formula is C24H26FN3O5. The summed E-state index contributed by atoms with van der Waals surface area (Å²) >= 11 is 0. The van der Waals surface area contributed by atoms with Crippen molar-refractivity contribution >= 4 is 23.3 Å². The molecule has 1 fully saturated rings. The van der Waals surface area contributed by atoms with Gasteiger partial charge in [0.2, 0.25) is 5.91 Å². The van der Waals surface area contributed by atoms with Crippen LogP contribution in [-0.2, 0) is 9.59 Å². The number of likely N-dealkylation sites (N-methyl/N-ethyl adjacent to an activating group) is 1. The molecule has 2 aliphatic heterocycles. The summed E-state index contributed by atoms with van der Waals surface area (Å²) in [5.74, 6) is -0.631. The monoisotopic (exact) mass is 455 g/mol. The summed E-state index contributed by atoms with van der Waals surface area (Å²) in [6, 6.07) is 9.52. The highest BCUT2D eigenvalue weighted by Crippen LogP contribution is 2.35. The second-order valence-electron chi connectivity index (χ2n) is 8.21. The van der Waals surface area contributed by atoms with Gasteiger partial charge in [0, 0.05) is 37.8 Å². The Morgan fingerprint density at radius 2 is 1.88 bits per heavy atom. The number of carbonyl (C=O) groups excluding carboxylic acids is 3. The highest BCUT2D eigenvalue weighted by Gasteiger charge is 2.36. The molecule has 1 saturated heterocycles. The lowest BCUT2D eigenvalue weighted by atomic mass is 10.1. The smallest absolute Gasteiger partial charge is 0.265 e. The van der Waals surface area contributed by atoms with Gasteiger partial charge in [0.15, 0.2) is 19.0 Å². The predicted octanol–water partition coefficient (Wildman–Crippen LogP) is 1.98. The van der Waals surface area contributed by atoms with Gasteiger partial charge >= 0.3 is 0 Å². The lowest BCUT2D eigenvalue weighted by Gasteiger charge is -2.38. The summed E-state index contributed by atoms with van der Waals surface area (Å²) in [5.41, 5.74) is 0.672. The van der Waals surface area contributed by atoms with Gasteiger partial charge in [-0.1, -0.05) is 6.07 Å². The largest absolute Gasteiger partial charge is 0.485 e. The topological polar surface area (TPSA) is 79.4 Å². The standard InChI is InChI=1S/C24H26FN3O5/c1-16(24(31)27-10-8-26(2)9-11-27)28-20-12-17(6-7-22(20)33-15-23(28)30)21(29)14-32-19-5-3-4-18(25)13-19/h3-7,12-13,16H,8-11,14-15H2,1-2H3/t16-/m1/s1. The van der Waals surface area contributed by atoms with Crippen LogP contribution in [0.25, 0.3) is 0 Å². The Labute approximate surface area is 191 Å². The number of halogens is 1. The molecule has 33 heavy (non-hydrogen) atoms. The molecule has 2 aliphatic rings. The lowest BCUT2D eigenvalue weighted by Crippen LogP contribution is -2.56. The van der Waals surface area contributed by atoms with Crippen LogP contribution < -0.4 is 14.4 Å². The van der Waals surface area contributed by atoms with E-state index in [0.717, 1.165) is 13.1 Å². The number of nitrogens with zero attached hydrogens (tertiary/aromatic N) is 3. The lowest BCUT2D eigenvalue weighted by molar-refractivity contribution is -0.136. The fourth-order valence-corrected chi connectivity index (χ4v) is 3.96. The summed E-state index contributed by atoms with van der Waals surface area (Å²) in [6.07, 6.45) is 0. The summed E-state index contributed by atoms with van der Waals surface area (Å²) in [7, 11) is 2.00. The maximum absolute atomic E-state index is 13.3. The number of hydrogen-bond acceptors (Lipinski definition) is 6. The third-order valence-electron chi connectivity index (χ3n) is 5.89. The SMILES string of the molecule is C[C@H](C(=O)N1CCN(C)CC1)N1C(=O)COc2ccc(C(=O)COc3cccc(F)c3)cc21. The number of piperazine rings is 1. The molecule has 2 aromatic carbocycles. The molecule has 0 unspecified atom stereocenters. The van der Waals surface area contributed by atoms with E-state index >= 15 is 0 Å². The molecular weight excluding hydrogens is 429 g/mol. The maximum atomic E-state index is 13.3. The molecule has 0 radical (unpaired) electrons. The van der Waals surface area contributed by atoms with Crippen molar-refractivity contribution in [2.24, 2.45) is 0 Å². The number of ether oxygens (including phenoxy) is 2. The Hall–Kier alpha value is -3.46. The summed E-state index contributed by atoms with van der Waals surface area (Å²) < 4.78 is 24.3. The average Bonchev–Trinajstić information content (AvgIpc) is 2.82. The molecule has 0 bridgehead atoms. The zero-order chi connectivity index (χ0) is 23.5. The van der Waals surface area contributed by atoms with Crippen molar-refractivity contribution in [3.05, 3.63) is 53.8 Å². The minimum Gasteiger partial charge on any atom is -0.485 e. The first-order valence-electron chi connectivity index (χ1n) is 10.8. The van der Waals surface area contributed by atoms with E-state index < -0.39 is 11.9 Å². The van der Waals surface area contributed by atoms with E-state index in [1.54, 1.807) is 30.0 Å². The van der Waals surface area contributed by atoms with Crippen molar-refractivity contribution in [1.29, 1.82) is 0 Å². The van der Waals surface area contributed by atoms with Gasteiger partial charge in [0.25, 0.3) is 5.91 Å². The number of amides is 2. The second kappa shape index (κ2) is 9.58. The predicted molar refractivity (Wildman–Crippen MR) is 119 cm³/mol. The molecule has 2 amide bonds. The Bertz CT molecular complexity index is 1070. The normalized spacial score (nSPS) is 17.2. The Morgan fingerprint density at radius 1 is 1.12 bits per heavy atom. The van der Waals surface area contributed by atoms with Crippen molar-refractivity contribution in [2.75, 3.05) is 51.3 Å². The first-order chi connectivity index (χ1) is 15.8. The number of hydrogen-bond donors (Lipinski definition) is 0. The van der Waals surface area contributed by atoms with E-state index in [1.807, 2.05) is 7.05 Å². The fraction of sp³-hybridized carbons (Fsp3) is 0.375. The van der Waals surface area contributed by atoms with Crippen LogP contribution in [0.2, 0.25) is 0 Å². The fourth-order valence-electron chi connectivity index (χ4n) is 3.96. The number of carbonyl (C=O) groups is 3. The van der Waals surface area contributed by atoms with Gasteiger partial charge < -0.3 is 19.3 Å². The van der Waals surface area contributed by atoms with Gasteiger partial charge in [0.1, 0.15) is 23.4 Å². The highest BCUT2D eigenvalue weighted by molar-refractivity contribution is 6.05. The maximum Gasteiger partial charge on any atom is 0.265 e. The van der Waals surface area contributed by atoms with E-state index in [0.29, 0.717) is 30.1 Å². The Balaban J connectivity index is 1.52. The molecule has 2 heterocycles. The molecule has 0 N–H and O–H groups in total. The number of Topliss-reactive ketones (excluding diaryl/α,β-unsaturated/α-hetero) is 1. The number of fused-ring (bicyclic) bond motifs is 1. The summed E-state index contributed by atoms with van der Waals surface area (Å²) in [5, 5.41) is 0. The molecule has 0 aromatic heterocycles. The van der Waals surface area contributed by atoms with E-state index in [9.17, 15) is 18.8 Å². The molecule has 0 spiro atoms. The molecule has 0 aliphatic carbocycles. The second-order valence-corrected chi connectivity index (χ2v) is 8.21. The third kappa shape index (κ3) is 4.98. The molecule has 174 valence electrons. The van der Waals surface area contributed by atoms with Crippen LogP contribution in [0.3, 0.4) is 0 Å². The van der Waals surface area contributed by atoms with Crippen LogP contribution in [0.5, 0.6) is 11.5 Å². The van der Waals surface area contributed by atoms with Gasteiger partial charge in [-0.25, -0.2) is 4.39 Å². The first kappa shape index (κ1) is 22.7. The van der Waals surface area contributed by atoms with Crippen LogP contribution >= 0.6 is 0 Å². The van der Waals surface area contributed by atoms with Crippen LogP contribution in [0.1, 0.15) is 17.3 Å². The van der Waals surface area contributed by atoms with Gasteiger partial charge in [-0.3, -0.25) is 19.3 Å². The zero-order valence-corrected chi connectivity index (χ0v) is 18.6. The van der Waals surface area contributed by atoms with Gasteiger partial charge in [-0.2, -0.15) is 0 Å². The molecule has 9 heteroatoms. The van der Waals surface area contributed by atoms with Gasteiger partial charge in [-0.05, 0) is 44.3 Å².